The summed E-state index contributed by atoms with van der Waals surface area (Å²) in [6, 6.07) is -0.102. The van der Waals surface area contributed by atoms with E-state index < -0.39 is 5.60 Å². The van der Waals surface area contributed by atoms with Crippen LogP contribution >= 0.6 is 0 Å². The fourth-order valence-corrected chi connectivity index (χ4v) is 2.51. The minimum absolute atomic E-state index is 0.102. The van der Waals surface area contributed by atoms with Gasteiger partial charge in [-0.15, -0.1) is 0 Å². The predicted molar refractivity (Wildman–Crippen MR) is 88.4 cm³/mol. The average molecular weight is 300 g/mol. The van der Waals surface area contributed by atoms with Gasteiger partial charge in [0, 0.05) is 23.4 Å². The molecule has 0 aromatic carbocycles. The molecule has 2 atom stereocenters. The van der Waals surface area contributed by atoms with E-state index >= 15 is 0 Å². The summed E-state index contributed by atoms with van der Waals surface area (Å²) in [5, 5.41) is 13.6. The molecule has 0 aliphatic heterocycles. The lowest BCUT2D eigenvalue weighted by Gasteiger charge is -2.31. The van der Waals surface area contributed by atoms with Crippen molar-refractivity contribution in [3.63, 3.8) is 0 Å². The third-order valence-corrected chi connectivity index (χ3v) is 4.76. The number of H-pyrrole nitrogens is 1. The molecule has 0 spiro atoms. The lowest BCUT2D eigenvalue weighted by atomic mass is 9.94. The molecular formula is C17H24N4O. The Morgan fingerprint density at radius 2 is 2.32 bits per heavy atom. The van der Waals surface area contributed by atoms with Crippen LogP contribution in [-0.4, -0.2) is 31.7 Å². The summed E-state index contributed by atoms with van der Waals surface area (Å²) in [6.07, 6.45) is 6.82. The van der Waals surface area contributed by atoms with Crippen molar-refractivity contribution in [2.24, 2.45) is 0 Å². The van der Waals surface area contributed by atoms with Gasteiger partial charge in [0.1, 0.15) is 5.52 Å². The molecule has 1 saturated carbocycles. The number of aromatic nitrogens is 3. The second-order valence-corrected chi connectivity index (χ2v) is 6.52. The van der Waals surface area contributed by atoms with Gasteiger partial charge in [0.15, 0.2) is 5.65 Å². The van der Waals surface area contributed by atoms with Crippen molar-refractivity contribution in [2.75, 3.05) is 0 Å². The molecule has 118 valence electrons. The van der Waals surface area contributed by atoms with Gasteiger partial charge in [0.25, 0.3) is 0 Å². The molecule has 0 saturated heterocycles. The number of aromatic amines is 1. The molecule has 1 aliphatic rings. The van der Waals surface area contributed by atoms with Crippen LogP contribution in [0.25, 0.3) is 16.9 Å². The first kappa shape index (κ1) is 15.0. The predicted octanol–water partition coefficient (Wildman–Crippen LogP) is 2.95. The summed E-state index contributed by atoms with van der Waals surface area (Å²) in [5.41, 5.74) is 3.59. The average Bonchev–Trinajstić information content (AvgIpc) is 3.26. The molecule has 1 fully saturated rings. The van der Waals surface area contributed by atoms with E-state index in [2.05, 4.69) is 21.9 Å². The summed E-state index contributed by atoms with van der Waals surface area (Å²) in [4.78, 5) is 12.3. The SMILES string of the molecule is C=C(N[C@@H](C)[C@](C)(O)CC)c1c[nH]c2ncc(C3CC3)nc12. The third kappa shape index (κ3) is 2.73. The van der Waals surface area contributed by atoms with Crippen molar-refractivity contribution in [1.29, 1.82) is 0 Å². The zero-order valence-electron chi connectivity index (χ0n) is 13.5. The standard InChI is InChI=1S/C17H24N4O/c1-5-17(4,22)11(3)20-10(2)13-8-18-16-15(13)21-14(9-19-16)12-6-7-12/h8-9,11-12,20,22H,2,5-7H2,1,3-4H3,(H,18,19)/t11-,17+/m0/s1. The van der Waals surface area contributed by atoms with Crippen molar-refractivity contribution in [2.45, 2.75) is 57.6 Å². The van der Waals surface area contributed by atoms with E-state index in [0.717, 1.165) is 28.1 Å². The van der Waals surface area contributed by atoms with Crippen LogP contribution in [0.5, 0.6) is 0 Å². The lowest BCUT2D eigenvalue weighted by Crippen LogP contribution is -2.45. The topological polar surface area (TPSA) is 73.8 Å². The fourth-order valence-electron chi connectivity index (χ4n) is 2.51. The molecule has 2 aromatic rings. The molecular weight excluding hydrogens is 276 g/mol. The van der Waals surface area contributed by atoms with E-state index in [4.69, 9.17) is 4.98 Å². The van der Waals surface area contributed by atoms with Crippen LogP contribution in [0, 0.1) is 0 Å². The van der Waals surface area contributed by atoms with Gasteiger partial charge >= 0.3 is 0 Å². The highest BCUT2D eigenvalue weighted by atomic mass is 16.3. The molecule has 22 heavy (non-hydrogen) atoms. The fraction of sp³-hybridized carbons (Fsp3) is 0.529. The smallest absolute Gasteiger partial charge is 0.156 e. The van der Waals surface area contributed by atoms with Crippen LogP contribution < -0.4 is 5.32 Å². The molecule has 0 bridgehead atoms. The van der Waals surface area contributed by atoms with Crippen LogP contribution in [0.4, 0.5) is 0 Å². The van der Waals surface area contributed by atoms with E-state index in [1.165, 1.54) is 12.8 Å². The number of nitrogens with zero attached hydrogens (tertiary/aromatic N) is 2. The normalized spacial score (nSPS) is 18.9. The Morgan fingerprint density at radius 1 is 1.59 bits per heavy atom. The van der Waals surface area contributed by atoms with Gasteiger partial charge in [-0.3, -0.25) is 0 Å². The van der Waals surface area contributed by atoms with Crippen LogP contribution in [-0.2, 0) is 0 Å². The number of fused-ring (bicyclic) bond motifs is 1. The summed E-state index contributed by atoms with van der Waals surface area (Å²) < 4.78 is 0. The Bertz CT molecular complexity index is 700. The number of hydrogen-bond acceptors (Lipinski definition) is 4. The lowest BCUT2D eigenvalue weighted by molar-refractivity contribution is 0.0273. The molecule has 3 rings (SSSR count). The number of aliphatic hydroxyl groups is 1. The maximum Gasteiger partial charge on any atom is 0.156 e. The first-order valence-electron chi connectivity index (χ1n) is 7.94. The second kappa shape index (κ2) is 5.39. The monoisotopic (exact) mass is 300 g/mol. The van der Waals surface area contributed by atoms with Gasteiger partial charge in [0.2, 0.25) is 0 Å². The summed E-state index contributed by atoms with van der Waals surface area (Å²) >= 11 is 0. The number of rotatable bonds is 6. The first-order valence-corrected chi connectivity index (χ1v) is 7.94. The second-order valence-electron chi connectivity index (χ2n) is 6.52. The minimum atomic E-state index is -0.778. The Hall–Kier alpha value is -1.88. The Balaban J connectivity index is 1.86. The maximum atomic E-state index is 10.3. The highest BCUT2D eigenvalue weighted by molar-refractivity contribution is 5.86. The molecule has 0 unspecified atom stereocenters. The number of hydrogen-bond donors (Lipinski definition) is 3. The van der Waals surface area contributed by atoms with Crippen molar-refractivity contribution in [3.05, 3.63) is 30.2 Å². The summed E-state index contributed by atoms with van der Waals surface area (Å²) in [7, 11) is 0. The largest absolute Gasteiger partial charge is 0.388 e. The third-order valence-electron chi connectivity index (χ3n) is 4.76. The van der Waals surface area contributed by atoms with E-state index in [0.29, 0.717) is 12.3 Å². The van der Waals surface area contributed by atoms with Gasteiger partial charge < -0.3 is 15.4 Å². The molecule has 1 aliphatic carbocycles. The van der Waals surface area contributed by atoms with Crippen LogP contribution in [0.1, 0.15) is 57.2 Å². The van der Waals surface area contributed by atoms with E-state index in [-0.39, 0.29) is 6.04 Å². The van der Waals surface area contributed by atoms with E-state index in [9.17, 15) is 5.11 Å². The zero-order chi connectivity index (χ0) is 15.9. The maximum absolute atomic E-state index is 10.3. The first-order chi connectivity index (χ1) is 10.4. The van der Waals surface area contributed by atoms with E-state index in [1.54, 1.807) is 0 Å². The van der Waals surface area contributed by atoms with Gasteiger partial charge in [-0.1, -0.05) is 13.5 Å². The van der Waals surface area contributed by atoms with Crippen LogP contribution in [0.3, 0.4) is 0 Å². The number of nitrogens with one attached hydrogen (secondary N) is 2. The Labute approximate surface area is 130 Å². The molecule has 5 nitrogen and oxygen atoms in total. The molecule has 0 amide bonds. The van der Waals surface area contributed by atoms with Gasteiger partial charge in [-0.2, -0.15) is 0 Å². The Morgan fingerprint density at radius 3 is 2.95 bits per heavy atom. The Kier molecular flexibility index (Phi) is 3.68. The molecule has 0 radical (unpaired) electrons. The molecule has 2 aromatic heterocycles. The van der Waals surface area contributed by atoms with Gasteiger partial charge in [-0.05, 0) is 33.1 Å². The van der Waals surface area contributed by atoms with Crippen molar-refractivity contribution in [3.8, 4) is 0 Å². The summed E-state index contributed by atoms with van der Waals surface area (Å²) in [5.74, 6) is 0.570. The highest BCUT2D eigenvalue weighted by Gasteiger charge is 2.28. The van der Waals surface area contributed by atoms with E-state index in [1.807, 2.05) is 33.2 Å². The summed E-state index contributed by atoms with van der Waals surface area (Å²) in [6.45, 7) is 9.88. The van der Waals surface area contributed by atoms with Crippen molar-refractivity contribution in [1.82, 2.24) is 20.3 Å². The zero-order valence-corrected chi connectivity index (χ0v) is 13.5. The van der Waals surface area contributed by atoms with Gasteiger partial charge in [0.05, 0.1) is 23.5 Å². The molecule has 3 N–H and O–H groups in total. The van der Waals surface area contributed by atoms with Crippen LogP contribution in [0.15, 0.2) is 19.0 Å². The van der Waals surface area contributed by atoms with Crippen molar-refractivity contribution >= 4 is 16.9 Å². The van der Waals surface area contributed by atoms with Crippen molar-refractivity contribution < 1.29 is 5.11 Å². The van der Waals surface area contributed by atoms with Gasteiger partial charge in [-0.25, -0.2) is 9.97 Å². The molecule has 2 heterocycles. The van der Waals surface area contributed by atoms with Crippen LogP contribution in [0.2, 0.25) is 0 Å². The minimum Gasteiger partial charge on any atom is -0.388 e. The highest BCUT2D eigenvalue weighted by Crippen LogP contribution is 2.39. The quantitative estimate of drug-likeness (QED) is 0.767. The molecule has 5 heteroatoms.